The van der Waals surface area contributed by atoms with E-state index in [1.54, 1.807) is 0 Å². The van der Waals surface area contributed by atoms with Gasteiger partial charge in [-0.3, -0.25) is 9.36 Å². The lowest BCUT2D eigenvalue weighted by molar-refractivity contribution is 0.0595. The first kappa shape index (κ1) is 23.1. The Hall–Kier alpha value is 0.120. The summed E-state index contributed by atoms with van der Waals surface area (Å²) in [4.78, 5) is 28.1. The first-order chi connectivity index (χ1) is 9.46. The van der Waals surface area contributed by atoms with E-state index in [4.69, 9.17) is 15.5 Å². The van der Waals surface area contributed by atoms with E-state index in [0.29, 0.717) is 19.6 Å². The van der Waals surface area contributed by atoms with Crippen molar-refractivity contribution in [3.8, 4) is 0 Å². The van der Waals surface area contributed by atoms with Crippen LogP contribution < -0.4 is 11.9 Å². The van der Waals surface area contributed by atoms with Gasteiger partial charge in [-0.2, -0.15) is 8.78 Å². The maximum atomic E-state index is 13.9. The zero-order chi connectivity index (χ0) is 16.2. The van der Waals surface area contributed by atoms with E-state index in [-0.39, 0.29) is 34.0 Å². The average Bonchev–Trinajstić information content (AvgIpc) is 2.66. The van der Waals surface area contributed by atoms with Gasteiger partial charge < -0.3 is 21.7 Å². The fraction of sp³-hybridized carbons (Fsp3) is 0.100. The molecule has 130 valence electrons. The average molecular weight is 565 g/mol. The molecule has 7 N–H and O–H groups in total. The minimum atomic E-state index is -5.67. The van der Waals surface area contributed by atoms with Gasteiger partial charge in [-0.25, -0.2) is 0 Å². The minimum absolute atomic E-state index is 0. The molecule has 0 bridgehead atoms. The highest BCUT2D eigenvalue weighted by molar-refractivity contribution is 14.1. The summed E-state index contributed by atoms with van der Waals surface area (Å²) in [6.07, 6.45) is 0. The first-order valence-electron chi connectivity index (χ1n) is 5.12. The predicted octanol–water partition coefficient (Wildman–Crippen LogP) is 4.18. The van der Waals surface area contributed by atoms with Crippen molar-refractivity contribution in [2.75, 3.05) is 0 Å². The van der Waals surface area contributed by atoms with Gasteiger partial charge in [0.25, 0.3) is 0 Å². The summed E-state index contributed by atoms with van der Waals surface area (Å²) in [6.45, 7) is 0. The molecule has 1 heterocycles. The van der Waals surface area contributed by atoms with E-state index < -0.39 is 24.0 Å². The monoisotopic (exact) mass is 564 g/mol. The molecule has 0 unspecified atom stereocenters. The lowest BCUT2D eigenvalue weighted by Crippen LogP contribution is -2.12. The van der Waals surface area contributed by atoms with E-state index in [9.17, 15) is 18.1 Å². The van der Waals surface area contributed by atoms with Crippen LogP contribution in [-0.2, 0) is 10.2 Å². The van der Waals surface area contributed by atoms with Gasteiger partial charge in [0.2, 0.25) is 5.91 Å². The number of nitrogens with two attached hydrogens (primary N) is 1. The maximum absolute atomic E-state index is 13.9. The molecule has 0 fully saturated rings. The highest BCUT2D eigenvalue weighted by atomic mass is 127. The van der Waals surface area contributed by atoms with Crippen molar-refractivity contribution in [2.45, 2.75) is 5.66 Å². The van der Waals surface area contributed by atoms with Crippen molar-refractivity contribution in [3.05, 3.63) is 30.6 Å². The van der Waals surface area contributed by atoms with Crippen LogP contribution >= 0.6 is 69.9 Å². The normalized spacial score (nSPS) is 11.7. The summed E-state index contributed by atoms with van der Waals surface area (Å²) in [5, 5.41) is 0.254. The Bertz CT molecular complexity index is 816. The van der Waals surface area contributed by atoms with Crippen LogP contribution in [0.4, 0.5) is 8.78 Å². The van der Waals surface area contributed by atoms with Gasteiger partial charge in [0.1, 0.15) is 4.88 Å². The molecule has 1 aromatic carbocycles. The Morgan fingerprint density at radius 1 is 1.39 bits per heavy atom. The van der Waals surface area contributed by atoms with Crippen LogP contribution in [0.25, 0.3) is 10.1 Å². The topological polar surface area (TPSA) is 136 Å². The molecule has 0 saturated heterocycles. The van der Waals surface area contributed by atoms with Crippen LogP contribution in [0.5, 0.6) is 0 Å². The third-order valence-electron chi connectivity index (χ3n) is 2.61. The fourth-order valence-electron chi connectivity index (χ4n) is 1.60. The second-order valence-corrected chi connectivity index (χ2v) is 8.65. The zero-order valence-electron chi connectivity index (χ0n) is 10.9. The van der Waals surface area contributed by atoms with Crippen molar-refractivity contribution >= 4 is 85.9 Å². The van der Waals surface area contributed by atoms with Crippen molar-refractivity contribution < 1.29 is 27.9 Å². The van der Waals surface area contributed by atoms with E-state index in [2.05, 4.69) is 15.9 Å². The Morgan fingerprint density at radius 2 is 1.91 bits per heavy atom. The van der Waals surface area contributed by atoms with Gasteiger partial charge in [0.15, 0.2) is 0 Å². The first-order valence-corrected chi connectivity index (χ1v) is 9.42. The molecule has 0 aliphatic rings. The molecule has 1 amide bonds. The zero-order valence-corrected chi connectivity index (χ0v) is 17.2. The maximum Gasteiger partial charge on any atom is 0.400 e. The van der Waals surface area contributed by atoms with Gasteiger partial charge in [-0.05, 0) is 50.7 Å². The van der Waals surface area contributed by atoms with Crippen molar-refractivity contribution in [1.82, 2.24) is 6.15 Å². The number of hydrogen-bond acceptors (Lipinski definition) is 4. The quantitative estimate of drug-likeness (QED) is 0.327. The number of fused-ring (bicyclic) bond motifs is 1. The molecule has 6 nitrogen and oxygen atoms in total. The van der Waals surface area contributed by atoms with Crippen LogP contribution in [0.15, 0.2) is 16.6 Å². The minimum Gasteiger partial charge on any atom is -0.366 e. The predicted molar refractivity (Wildman–Crippen MR) is 99.0 cm³/mol. The Balaban J connectivity index is 0.00000242. The number of rotatable bonds is 3. The number of primary amides is 1. The molecule has 1 aromatic heterocycles. The van der Waals surface area contributed by atoms with Crippen LogP contribution in [0.1, 0.15) is 15.2 Å². The number of benzene rings is 1. The van der Waals surface area contributed by atoms with Gasteiger partial charge >= 0.3 is 13.3 Å². The summed E-state index contributed by atoms with van der Waals surface area (Å²) in [5.41, 5.74) is 0.966. The number of amides is 1. The molecule has 2 aromatic rings. The lowest BCUT2D eigenvalue weighted by atomic mass is 10.1. The molecule has 0 spiro atoms. The summed E-state index contributed by atoms with van der Waals surface area (Å²) >= 11 is 5.32. The molecule has 0 radical (unpaired) electrons. The van der Waals surface area contributed by atoms with E-state index in [0.717, 1.165) is 0 Å². The van der Waals surface area contributed by atoms with Crippen molar-refractivity contribution in [2.24, 2.45) is 5.73 Å². The highest BCUT2D eigenvalue weighted by Gasteiger charge is 2.53. The van der Waals surface area contributed by atoms with Gasteiger partial charge in [0.05, 0.1) is 0 Å². The van der Waals surface area contributed by atoms with E-state index in [1.165, 1.54) is 12.1 Å². The molecule has 23 heavy (non-hydrogen) atoms. The number of hydrogen-bond donors (Lipinski definition) is 4. The summed E-state index contributed by atoms with van der Waals surface area (Å²) in [6, 6.07) is 2.73. The van der Waals surface area contributed by atoms with Crippen LogP contribution in [0, 0.1) is 3.57 Å². The van der Waals surface area contributed by atoms with Crippen LogP contribution in [0.3, 0.4) is 0 Å². The molecule has 0 saturated carbocycles. The largest absolute Gasteiger partial charge is 0.400 e. The van der Waals surface area contributed by atoms with E-state index >= 15 is 0 Å². The SMILES string of the molecule is Cl.N.NC(=O)c1cc(I)c2sc(C(F)(F)P(=O)(O)O)c(Br)c2c1. The smallest absolute Gasteiger partial charge is 0.366 e. The number of carbonyl (C=O) groups is 1. The van der Waals surface area contributed by atoms with Gasteiger partial charge in [0, 0.05) is 23.7 Å². The second-order valence-electron chi connectivity index (χ2n) is 4.03. The molecular weight excluding hydrogens is 555 g/mol. The second kappa shape index (κ2) is 7.56. The number of alkyl halides is 2. The highest BCUT2D eigenvalue weighted by Crippen LogP contribution is 2.63. The number of carbonyl (C=O) groups excluding carboxylic acids is 1. The third kappa shape index (κ3) is 4.03. The number of thiophene rings is 1. The summed E-state index contributed by atoms with van der Waals surface area (Å²) in [7, 11) is -5.67. The molecule has 13 heteroatoms. The van der Waals surface area contributed by atoms with Crippen molar-refractivity contribution in [3.63, 3.8) is 0 Å². The van der Waals surface area contributed by atoms with Crippen molar-refractivity contribution in [1.29, 1.82) is 0 Å². The lowest BCUT2D eigenvalue weighted by Gasteiger charge is -2.16. The fourth-order valence-corrected chi connectivity index (χ4v) is 5.47. The standard InChI is InChI=1S/C10H6BrF2INO4PS.ClH.H3N/c11-6-4-1-3(9(15)16)2-5(14)7(4)21-8(6)10(12,13)20(17,18)19;;/h1-2H,(H2,15,16)(H2,17,18,19);1H;1H3. The molecule has 0 aliphatic carbocycles. The van der Waals surface area contributed by atoms with Gasteiger partial charge in [-0.1, -0.05) is 0 Å². The van der Waals surface area contributed by atoms with Gasteiger partial charge in [-0.15, -0.1) is 23.7 Å². The number of halogens is 5. The molecule has 0 atom stereocenters. The Kier molecular flexibility index (Phi) is 7.60. The Morgan fingerprint density at radius 3 is 2.35 bits per heavy atom. The summed E-state index contributed by atoms with van der Waals surface area (Å²) in [5.74, 6) is -0.726. The van der Waals surface area contributed by atoms with E-state index in [1.807, 2.05) is 22.6 Å². The Labute approximate surface area is 161 Å². The molecular formula is C10H10BrClF2IN2O4PS. The van der Waals surface area contributed by atoms with Crippen LogP contribution in [-0.4, -0.2) is 15.7 Å². The molecule has 2 rings (SSSR count). The van der Waals surface area contributed by atoms with Crippen LogP contribution in [0.2, 0.25) is 0 Å². The third-order valence-corrected chi connectivity index (χ3v) is 7.33. The molecule has 0 aliphatic heterocycles. The summed E-state index contributed by atoms with van der Waals surface area (Å²) < 4.78 is 39.5.